The van der Waals surface area contributed by atoms with Crippen LogP contribution in [0.4, 0.5) is 0 Å². The molecule has 66 valence electrons. The highest BCUT2D eigenvalue weighted by Crippen LogP contribution is 2.22. The lowest BCUT2D eigenvalue weighted by molar-refractivity contribution is -0.132. The Morgan fingerprint density at radius 3 is 2.55 bits per heavy atom. The van der Waals surface area contributed by atoms with Gasteiger partial charge in [0.05, 0.1) is 12.2 Å². The topological polar surface area (TPSA) is 58.9 Å². The quantitative estimate of drug-likeness (QED) is 0.574. The van der Waals surface area contributed by atoms with Crippen molar-refractivity contribution in [3.8, 4) is 0 Å². The molecule has 0 spiro atoms. The maximum Gasteiger partial charge on any atom is 0.157 e. The predicted octanol–water partition coefficient (Wildman–Crippen LogP) is -0.510. The molecular weight excluding hydrogens is 148 g/mol. The first kappa shape index (κ1) is 8.93. The lowest BCUT2D eigenvalue weighted by atomic mass is 10.1. The van der Waals surface area contributed by atoms with E-state index in [4.69, 9.17) is 14.6 Å². The van der Waals surface area contributed by atoms with Crippen LogP contribution in [-0.4, -0.2) is 41.9 Å². The van der Waals surface area contributed by atoms with Crippen LogP contribution < -0.4 is 0 Å². The highest BCUT2D eigenvalue weighted by atomic mass is 16.6. The first-order valence-corrected chi connectivity index (χ1v) is 3.69. The molecule has 0 amide bonds. The zero-order chi connectivity index (χ0) is 8.43. The molecule has 1 saturated heterocycles. The van der Waals surface area contributed by atoms with E-state index >= 15 is 0 Å². The zero-order valence-electron chi connectivity index (χ0n) is 6.73. The standard InChI is InChI=1S/C7H14O4/c1-4(10-2)7-5(8)3-6(9)11-7/h4-9H,3H2,1-2H3/t4-,5+,6+,7+/m1/s1. The number of rotatable bonds is 2. The van der Waals surface area contributed by atoms with Gasteiger partial charge in [-0.1, -0.05) is 0 Å². The Kier molecular flexibility index (Phi) is 2.84. The van der Waals surface area contributed by atoms with E-state index in [1.165, 1.54) is 0 Å². The number of hydrogen-bond donors (Lipinski definition) is 2. The molecule has 0 aromatic heterocycles. The van der Waals surface area contributed by atoms with Crippen LogP contribution in [-0.2, 0) is 9.47 Å². The minimum atomic E-state index is -0.840. The van der Waals surface area contributed by atoms with Crippen molar-refractivity contribution < 1.29 is 19.7 Å². The summed E-state index contributed by atoms with van der Waals surface area (Å²) < 4.78 is 9.96. The molecule has 1 heterocycles. The minimum absolute atomic E-state index is 0.179. The van der Waals surface area contributed by atoms with Gasteiger partial charge in [-0.2, -0.15) is 0 Å². The molecule has 11 heavy (non-hydrogen) atoms. The molecule has 1 aliphatic rings. The predicted molar refractivity (Wildman–Crippen MR) is 38.0 cm³/mol. The Morgan fingerprint density at radius 1 is 1.55 bits per heavy atom. The van der Waals surface area contributed by atoms with Gasteiger partial charge >= 0.3 is 0 Å². The molecular formula is C7H14O4. The van der Waals surface area contributed by atoms with Crippen molar-refractivity contribution in [2.75, 3.05) is 7.11 Å². The highest BCUT2D eigenvalue weighted by Gasteiger charge is 2.36. The molecule has 2 N–H and O–H groups in total. The lowest BCUT2D eigenvalue weighted by Crippen LogP contribution is -2.33. The monoisotopic (exact) mass is 162 g/mol. The van der Waals surface area contributed by atoms with Crippen LogP contribution in [0.2, 0.25) is 0 Å². The number of aliphatic hydroxyl groups is 2. The van der Waals surface area contributed by atoms with E-state index in [1.54, 1.807) is 14.0 Å². The van der Waals surface area contributed by atoms with Crippen molar-refractivity contribution in [2.24, 2.45) is 0 Å². The van der Waals surface area contributed by atoms with Crippen molar-refractivity contribution in [1.29, 1.82) is 0 Å². The summed E-state index contributed by atoms with van der Waals surface area (Å²) in [5, 5.41) is 18.3. The third-order valence-corrected chi connectivity index (χ3v) is 1.97. The molecule has 1 fully saturated rings. The Labute approximate surface area is 65.7 Å². The summed E-state index contributed by atoms with van der Waals surface area (Å²) >= 11 is 0. The average Bonchev–Trinajstić information content (AvgIpc) is 2.28. The average molecular weight is 162 g/mol. The van der Waals surface area contributed by atoms with Gasteiger partial charge in [-0.15, -0.1) is 0 Å². The van der Waals surface area contributed by atoms with Crippen molar-refractivity contribution >= 4 is 0 Å². The second-order valence-electron chi connectivity index (χ2n) is 2.80. The highest BCUT2D eigenvalue weighted by molar-refractivity contribution is 4.81. The zero-order valence-corrected chi connectivity index (χ0v) is 6.73. The Balaban J connectivity index is 2.45. The fraction of sp³-hybridized carbons (Fsp3) is 1.00. The van der Waals surface area contributed by atoms with Crippen LogP contribution in [0.5, 0.6) is 0 Å². The van der Waals surface area contributed by atoms with Gasteiger partial charge in [0.2, 0.25) is 0 Å². The van der Waals surface area contributed by atoms with Crippen molar-refractivity contribution in [1.82, 2.24) is 0 Å². The molecule has 0 bridgehead atoms. The molecule has 0 aromatic rings. The third kappa shape index (κ3) is 1.90. The number of ether oxygens (including phenoxy) is 2. The van der Waals surface area contributed by atoms with Gasteiger partial charge < -0.3 is 19.7 Å². The van der Waals surface area contributed by atoms with Crippen LogP contribution in [0.15, 0.2) is 0 Å². The number of hydrogen-bond acceptors (Lipinski definition) is 4. The fourth-order valence-corrected chi connectivity index (χ4v) is 1.23. The molecule has 0 aliphatic carbocycles. The van der Waals surface area contributed by atoms with Crippen molar-refractivity contribution in [3.63, 3.8) is 0 Å². The van der Waals surface area contributed by atoms with Gasteiger partial charge in [-0.3, -0.25) is 0 Å². The normalized spacial score (nSPS) is 40.9. The summed E-state index contributed by atoms with van der Waals surface area (Å²) in [6.07, 6.45) is -1.75. The molecule has 1 rings (SSSR count). The van der Waals surface area contributed by atoms with E-state index in [0.717, 1.165) is 0 Å². The smallest absolute Gasteiger partial charge is 0.157 e. The molecule has 0 radical (unpaired) electrons. The molecule has 0 saturated carbocycles. The van der Waals surface area contributed by atoms with E-state index in [1.807, 2.05) is 0 Å². The summed E-state index contributed by atoms with van der Waals surface area (Å²) in [5.74, 6) is 0. The van der Waals surface area contributed by atoms with E-state index < -0.39 is 18.5 Å². The van der Waals surface area contributed by atoms with Gasteiger partial charge in [-0.05, 0) is 6.92 Å². The maximum absolute atomic E-state index is 9.30. The fourth-order valence-electron chi connectivity index (χ4n) is 1.23. The third-order valence-electron chi connectivity index (χ3n) is 1.97. The van der Waals surface area contributed by atoms with Crippen LogP contribution >= 0.6 is 0 Å². The summed E-state index contributed by atoms with van der Waals surface area (Å²) in [7, 11) is 1.55. The van der Waals surface area contributed by atoms with Gasteiger partial charge in [0.25, 0.3) is 0 Å². The summed E-state index contributed by atoms with van der Waals surface area (Å²) in [6, 6.07) is 0. The Hall–Kier alpha value is -0.160. The lowest BCUT2D eigenvalue weighted by Gasteiger charge is -2.19. The van der Waals surface area contributed by atoms with Crippen LogP contribution in [0.25, 0.3) is 0 Å². The first-order chi connectivity index (χ1) is 5.15. The van der Waals surface area contributed by atoms with E-state index in [0.29, 0.717) is 0 Å². The molecule has 1 aliphatic heterocycles. The molecule has 4 nitrogen and oxygen atoms in total. The Bertz CT molecular complexity index is 124. The van der Waals surface area contributed by atoms with Gasteiger partial charge in [-0.25, -0.2) is 0 Å². The van der Waals surface area contributed by atoms with Crippen LogP contribution in [0.1, 0.15) is 13.3 Å². The summed E-state index contributed by atoms with van der Waals surface area (Å²) in [6.45, 7) is 1.80. The second kappa shape index (κ2) is 3.49. The molecule has 0 aromatic carbocycles. The second-order valence-corrected chi connectivity index (χ2v) is 2.80. The summed E-state index contributed by atoms with van der Waals surface area (Å²) in [4.78, 5) is 0. The van der Waals surface area contributed by atoms with E-state index in [-0.39, 0.29) is 12.5 Å². The van der Waals surface area contributed by atoms with Gasteiger partial charge in [0, 0.05) is 13.5 Å². The first-order valence-electron chi connectivity index (χ1n) is 3.69. The van der Waals surface area contributed by atoms with Crippen molar-refractivity contribution in [2.45, 2.75) is 37.9 Å². The van der Waals surface area contributed by atoms with Crippen molar-refractivity contribution in [3.05, 3.63) is 0 Å². The van der Waals surface area contributed by atoms with Crippen LogP contribution in [0.3, 0.4) is 0 Å². The molecule has 4 heteroatoms. The van der Waals surface area contributed by atoms with Gasteiger partial charge in [0.15, 0.2) is 6.29 Å². The van der Waals surface area contributed by atoms with E-state index in [2.05, 4.69) is 0 Å². The maximum atomic E-state index is 9.30. The van der Waals surface area contributed by atoms with Gasteiger partial charge in [0.1, 0.15) is 6.10 Å². The number of methoxy groups -OCH3 is 1. The van der Waals surface area contributed by atoms with Crippen LogP contribution in [0, 0.1) is 0 Å². The molecule has 4 atom stereocenters. The minimum Gasteiger partial charge on any atom is -0.390 e. The molecule has 0 unspecified atom stereocenters. The Morgan fingerprint density at radius 2 is 2.18 bits per heavy atom. The SMILES string of the molecule is CO[C@H](C)[C@@H]1O[C@H](O)C[C@@H]1O. The summed E-state index contributed by atoms with van der Waals surface area (Å²) in [5.41, 5.74) is 0. The largest absolute Gasteiger partial charge is 0.390 e. The number of aliphatic hydroxyl groups excluding tert-OH is 2. The van der Waals surface area contributed by atoms with E-state index in [9.17, 15) is 5.11 Å².